The summed E-state index contributed by atoms with van der Waals surface area (Å²) in [6.07, 6.45) is 2.12. The van der Waals surface area contributed by atoms with Crippen LogP contribution in [0.3, 0.4) is 0 Å². The molecule has 1 aromatic heterocycles. The van der Waals surface area contributed by atoms with Crippen molar-refractivity contribution in [2.45, 2.75) is 6.42 Å². The van der Waals surface area contributed by atoms with E-state index in [0.29, 0.717) is 12.3 Å². The number of Topliss-reactive ketones (excluding diaryl/α,β-unsaturated/α-hetero) is 1. The minimum Gasteiger partial charge on any atom is -0.360 e. The fourth-order valence-corrected chi connectivity index (χ4v) is 2.08. The highest BCUT2D eigenvalue weighted by atomic mass is 79.9. The summed E-state index contributed by atoms with van der Waals surface area (Å²) in [5.74, 6) is 0.445. The Labute approximate surface area is 101 Å². The molecule has 2 rings (SSSR count). The minimum absolute atomic E-state index is 0.0820. The van der Waals surface area contributed by atoms with Crippen LogP contribution in [-0.4, -0.2) is 16.6 Å². The molecule has 0 amide bonds. The van der Waals surface area contributed by atoms with Gasteiger partial charge in [-0.2, -0.15) is 0 Å². The molecule has 0 aliphatic rings. The molecular weight excluding hydrogens is 277 g/mol. The zero-order valence-corrected chi connectivity index (χ0v) is 10.2. The van der Waals surface area contributed by atoms with Gasteiger partial charge < -0.3 is 4.98 Å². The molecule has 4 heteroatoms. The molecule has 0 atom stereocenters. The van der Waals surface area contributed by atoms with Crippen molar-refractivity contribution < 1.29 is 4.79 Å². The molecule has 2 nitrogen and oxygen atoms in total. The van der Waals surface area contributed by atoms with Gasteiger partial charge in [-0.05, 0) is 12.1 Å². The third kappa shape index (κ3) is 2.08. The lowest BCUT2D eigenvalue weighted by molar-refractivity contribution is 0.0991. The quantitative estimate of drug-likeness (QED) is 0.676. The molecule has 0 radical (unpaired) electrons. The zero-order valence-electron chi connectivity index (χ0n) is 7.89. The molecule has 1 N–H and O–H groups in total. The highest BCUT2D eigenvalue weighted by Crippen LogP contribution is 2.23. The Morgan fingerprint density at radius 1 is 1.47 bits per heavy atom. The van der Waals surface area contributed by atoms with Gasteiger partial charge in [-0.15, -0.1) is 11.6 Å². The maximum atomic E-state index is 11.7. The largest absolute Gasteiger partial charge is 0.360 e. The Balaban J connectivity index is 2.49. The van der Waals surface area contributed by atoms with E-state index in [0.717, 1.165) is 20.9 Å². The van der Waals surface area contributed by atoms with E-state index in [1.54, 1.807) is 6.20 Å². The van der Waals surface area contributed by atoms with E-state index >= 15 is 0 Å². The first-order chi connectivity index (χ1) is 7.22. The number of fused-ring (bicyclic) bond motifs is 1. The monoisotopic (exact) mass is 285 g/mol. The van der Waals surface area contributed by atoms with Crippen molar-refractivity contribution >= 4 is 44.2 Å². The summed E-state index contributed by atoms with van der Waals surface area (Å²) in [7, 11) is 0. The third-order valence-corrected chi connectivity index (χ3v) is 2.95. The highest BCUT2D eigenvalue weighted by molar-refractivity contribution is 9.10. The lowest BCUT2D eigenvalue weighted by Crippen LogP contribution is -1.97. The van der Waals surface area contributed by atoms with Crippen molar-refractivity contribution in [1.29, 1.82) is 0 Å². The van der Waals surface area contributed by atoms with Gasteiger partial charge in [-0.1, -0.05) is 22.0 Å². The maximum absolute atomic E-state index is 11.7. The van der Waals surface area contributed by atoms with Crippen molar-refractivity contribution in [3.63, 3.8) is 0 Å². The number of aromatic nitrogens is 1. The van der Waals surface area contributed by atoms with E-state index in [4.69, 9.17) is 11.6 Å². The molecule has 0 aliphatic heterocycles. The number of aromatic amines is 1. The molecule has 1 aromatic carbocycles. The lowest BCUT2D eigenvalue weighted by atomic mass is 10.1. The summed E-state index contributed by atoms with van der Waals surface area (Å²) in [5.41, 5.74) is 1.68. The van der Waals surface area contributed by atoms with Crippen LogP contribution in [0, 0.1) is 0 Å². The number of benzene rings is 1. The summed E-state index contributed by atoms with van der Waals surface area (Å²) >= 11 is 8.93. The maximum Gasteiger partial charge on any atom is 0.166 e. The molecule has 2 aromatic rings. The van der Waals surface area contributed by atoms with E-state index in [1.165, 1.54) is 0 Å². The predicted octanol–water partition coefficient (Wildman–Crippen LogP) is 3.74. The second kappa shape index (κ2) is 4.37. The number of carbonyl (C=O) groups is 1. The number of hydrogen-bond donors (Lipinski definition) is 1. The number of carbonyl (C=O) groups excluding carboxylic acids is 1. The summed E-state index contributed by atoms with van der Waals surface area (Å²) in [6.45, 7) is 0. The number of alkyl halides is 1. The first-order valence-electron chi connectivity index (χ1n) is 4.58. The molecule has 0 bridgehead atoms. The average molecular weight is 287 g/mol. The number of rotatable bonds is 3. The van der Waals surface area contributed by atoms with Crippen LogP contribution < -0.4 is 0 Å². The highest BCUT2D eigenvalue weighted by Gasteiger charge is 2.10. The SMILES string of the molecule is O=C(CCCl)c1c[nH]c2cc(Br)ccc12. The predicted molar refractivity (Wildman–Crippen MR) is 65.7 cm³/mol. The Kier molecular flexibility index (Phi) is 3.12. The van der Waals surface area contributed by atoms with Crippen LogP contribution in [0.15, 0.2) is 28.9 Å². The number of halogens is 2. The standard InChI is InChI=1S/C11H9BrClNO/c12-7-1-2-8-9(11(15)3-4-13)6-14-10(8)5-7/h1-2,5-6,14H,3-4H2. The van der Waals surface area contributed by atoms with Gasteiger partial charge in [0.1, 0.15) is 0 Å². The van der Waals surface area contributed by atoms with Crippen molar-refractivity contribution in [2.24, 2.45) is 0 Å². The molecule has 78 valence electrons. The van der Waals surface area contributed by atoms with Gasteiger partial charge in [0.15, 0.2) is 5.78 Å². The molecule has 0 unspecified atom stereocenters. The molecule has 1 heterocycles. The minimum atomic E-state index is 0.0820. The zero-order chi connectivity index (χ0) is 10.8. The van der Waals surface area contributed by atoms with Crippen LogP contribution in [-0.2, 0) is 0 Å². The smallest absolute Gasteiger partial charge is 0.166 e. The number of ketones is 1. The van der Waals surface area contributed by atoms with Crippen molar-refractivity contribution in [3.05, 3.63) is 34.4 Å². The van der Waals surface area contributed by atoms with Crippen LogP contribution in [0.1, 0.15) is 16.8 Å². The van der Waals surface area contributed by atoms with Gasteiger partial charge in [0.25, 0.3) is 0 Å². The van der Waals surface area contributed by atoms with Gasteiger partial charge >= 0.3 is 0 Å². The number of H-pyrrole nitrogens is 1. The van der Waals surface area contributed by atoms with E-state index in [1.807, 2.05) is 18.2 Å². The summed E-state index contributed by atoms with van der Waals surface area (Å²) in [6, 6.07) is 5.80. The second-order valence-electron chi connectivity index (χ2n) is 3.25. The van der Waals surface area contributed by atoms with Crippen molar-refractivity contribution in [1.82, 2.24) is 4.98 Å². The molecule has 0 fully saturated rings. The first-order valence-corrected chi connectivity index (χ1v) is 5.91. The lowest BCUT2D eigenvalue weighted by Gasteiger charge is -1.96. The summed E-state index contributed by atoms with van der Waals surface area (Å²) in [5, 5.41) is 0.952. The van der Waals surface area contributed by atoms with Gasteiger partial charge in [0, 0.05) is 39.4 Å². The molecule has 0 saturated carbocycles. The van der Waals surface area contributed by atoms with E-state index in [2.05, 4.69) is 20.9 Å². The van der Waals surface area contributed by atoms with Crippen molar-refractivity contribution in [3.8, 4) is 0 Å². The van der Waals surface area contributed by atoms with Crippen LogP contribution in [0.25, 0.3) is 10.9 Å². The number of nitrogens with one attached hydrogen (secondary N) is 1. The molecule has 15 heavy (non-hydrogen) atoms. The fourth-order valence-electron chi connectivity index (χ4n) is 1.55. The van der Waals surface area contributed by atoms with Gasteiger partial charge in [0.05, 0.1) is 0 Å². The Morgan fingerprint density at radius 2 is 2.27 bits per heavy atom. The van der Waals surface area contributed by atoms with Crippen LogP contribution in [0.5, 0.6) is 0 Å². The van der Waals surface area contributed by atoms with Crippen LogP contribution in [0.4, 0.5) is 0 Å². The third-order valence-electron chi connectivity index (χ3n) is 2.27. The molecular formula is C11H9BrClNO. The second-order valence-corrected chi connectivity index (χ2v) is 4.55. The van der Waals surface area contributed by atoms with E-state index in [-0.39, 0.29) is 5.78 Å². The molecule has 0 spiro atoms. The van der Waals surface area contributed by atoms with Crippen LogP contribution in [0.2, 0.25) is 0 Å². The van der Waals surface area contributed by atoms with Crippen LogP contribution >= 0.6 is 27.5 Å². The van der Waals surface area contributed by atoms with Gasteiger partial charge in [-0.3, -0.25) is 4.79 Å². The Morgan fingerprint density at radius 3 is 3.00 bits per heavy atom. The van der Waals surface area contributed by atoms with Gasteiger partial charge in [0.2, 0.25) is 0 Å². The normalized spacial score (nSPS) is 10.8. The van der Waals surface area contributed by atoms with E-state index < -0.39 is 0 Å². The summed E-state index contributed by atoms with van der Waals surface area (Å²) < 4.78 is 0.994. The first kappa shape index (κ1) is 10.7. The summed E-state index contributed by atoms with van der Waals surface area (Å²) in [4.78, 5) is 14.8. The van der Waals surface area contributed by atoms with Crippen molar-refractivity contribution in [2.75, 3.05) is 5.88 Å². The number of hydrogen-bond acceptors (Lipinski definition) is 1. The average Bonchev–Trinajstić information content (AvgIpc) is 2.60. The Hall–Kier alpha value is -0.800. The van der Waals surface area contributed by atoms with Gasteiger partial charge in [-0.25, -0.2) is 0 Å². The topological polar surface area (TPSA) is 32.9 Å². The molecule has 0 aliphatic carbocycles. The fraction of sp³-hybridized carbons (Fsp3) is 0.182. The van der Waals surface area contributed by atoms with E-state index in [9.17, 15) is 4.79 Å². The molecule has 0 saturated heterocycles. The Bertz CT molecular complexity index is 506.